The average molecular weight is 219 g/mol. The molecule has 0 N–H and O–H groups in total. The number of pyridine rings is 2. The molecule has 0 fully saturated rings. The molecule has 0 unspecified atom stereocenters. The molecule has 84 valence electrons. The smallest absolute Gasteiger partial charge is 0.255 e. The highest BCUT2D eigenvalue weighted by Gasteiger charge is 2.01. The van der Waals surface area contributed by atoms with E-state index in [1.54, 1.807) is 36.9 Å². The largest absolute Gasteiger partial charge is 0.497 e. The summed E-state index contributed by atoms with van der Waals surface area (Å²) in [6.45, 7) is 0.433. The first-order valence-electron chi connectivity index (χ1n) is 4.93. The van der Waals surface area contributed by atoms with Crippen LogP contribution < -0.4 is 10.3 Å². The standard InChI is InChI=1S/C12H13NO3/c1-15-8-9-5-10-7-11(16-2)3-4-13(10)12(14)6-9/h3-7H,8H2,1-2H3. The van der Waals surface area contributed by atoms with Gasteiger partial charge in [-0.05, 0) is 17.7 Å². The second-order valence-corrected chi connectivity index (χ2v) is 3.50. The summed E-state index contributed by atoms with van der Waals surface area (Å²) in [7, 11) is 3.20. The van der Waals surface area contributed by atoms with Gasteiger partial charge < -0.3 is 9.47 Å². The van der Waals surface area contributed by atoms with Crippen molar-refractivity contribution < 1.29 is 9.47 Å². The van der Waals surface area contributed by atoms with E-state index in [1.165, 1.54) is 0 Å². The Labute approximate surface area is 93.0 Å². The molecule has 0 aromatic carbocycles. The molecule has 0 atom stereocenters. The van der Waals surface area contributed by atoms with Gasteiger partial charge in [-0.1, -0.05) is 0 Å². The van der Waals surface area contributed by atoms with Crippen LogP contribution in [0.25, 0.3) is 5.52 Å². The second-order valence-electron chi connectivity index (χ2n) is 3.50. The highest BCUT2D eigenvalue weighted by atomic mass is 16.5. The number of nitrogens with zero attached hydrogens (tertiary/aromatic N) is 1. The van der Waals surface area contributed by atoms with E-state index in [0.717, 1.165) is 16.8 Å². The van der Waals surface area contributed by atoms with E-state index in [9.17, 15) is 4.79 Å². The number of ether oxygens (including phenoxy) is 2. The van der Waals surface area contributed by atoms with Crippen LogP contribution in [0.3, 0.4) is 0 Å². The predicted molar refractivity (Wildman–Crippen MR) is 60.9 cm³/mol. The molecule has 2 aromatic rings. The summed E-state index contributed by atoms with van der Waals surface area (Å²) in [5.41, 5.74) is 1.60. The molecular formula is C12H13NO3. The third-order valence-electron chi connectivity index (χ3n) is 2.38. The van der Waals surface area contributed by atoms with Crippen molar-refractivity contribution in [1.82, 2.24) is 4.40 Å². The molecule has 0 saturated carbocycles. The molecule has 2 rings (SSSR count). The molecule has 0 aliphatic rings. The van der Waals surface area contributed by atoms with Crippen molar-refractivity contribution in [3.05, 3.63) is 46.4 Å². The van der Waals surface area contributed by atoms with Gasteiger partial charge in [0.2, 0.25) is 0 Å². The summed E-state index contributed by atoms with van der Waals surface area (Å²) in [5, 5.41) is 0. The van der Waals surface area contributed by atoms with Crippen molar-refractivity contribution in [2.24, 2.45) is 0 Å². The van der Waals surface area contributed by atoms with E-state index in [4.69, 9.17) is 9.47 Å². The fourth-order valence-electron chi connectivity index (χ4n) is 1.65. The zero-order valence-corrected chi connectivity index (χ0v) is 9.27. The van der Waals surface area contributed by atoms with Crippen molar-refractivity contribution >= 4 is 5.52 Å². The highest BCUT2D eigenvalue weighted by Crippen LogP contribution is 2.13. The van der Waals surface area contributed by atoms with E-state index in [0.29, 0.717) is 6.61 Å². The predicted octanol–water partition coefficient (Wildman–Crippen LogP) is 1.45. The average Bonchev–Trinajstić information content (AvgIpc) is 2.28. The zero-order chi connectivity index (χ0) is 11.5. The molecule has 0 spiro atoms. The first kappa shape index (κ1) is 10.7. The summed E-state index contributed by atoms with van der Waals surface area (Å²) in [5.74, 6) is 0.731. The van der Waals surface area contributed by atoms with E-state index >= 15 is 0 Å². The molecular weight excluding hydrogens is 206 g/mol. The van der Waals surface area contributed by atoms with Crippen LogP contribution in [-0.4, -0.2) is 18.6 Å². The van der Waals surface area contributed by atoms with Crippen LogP contribution in [0.2, 0.25) is 0 Å². The molecule has 4 heteroatoms. The van der Waals surface area contributed by atoms with Gasteiger partial charge in [0.25, 0.3) is 5.56 Å². The molecule has 2 aromatic heterocycles. The van der Waals surface area contributed by atoms with Crippen LogP contribution in [0.15, 0.2) is 35.3 Å². The maximum Gasteiger partial charge on any atom is 0.255 e. The van der Waals surface area contributed by atoms with Crippen LogP contribution in [0.4, 0.5) is 0 Å². The Morgan fingerprint density at radius 1 is 1.25 bits per heavy atom. The minimum atomic E-state index is -0.0628. The van der Waals surface area contributed by atoms with Gasteiger partial charge in [-0.2, -0.15) is 0 Å². The lowest BCUT2D eigenvalue weighted by Gasteiger charge is -2.06. The summed E-state index contributed by atoms with van der Waals surface area (Å²) in [6.07, 6.45) is 1.70. The summed E-state index contributed by atoms with van der Waals surface area (Å²) < 4.78 is 11.7. The Kier molecular flexibility index (Phi) is 2.92. The van der Waals surface area contributed by atoms with Gasteiger partial charge in [-0.25, -0.2) is 0 Å². The van der Waals surface area contributed by atoms with Crippen LogP contribution in [0.1, 0.15) is 5.56 Å². The Morgan fingerprint density at radius 3 is 2.75 bits per heavy atom. The fourth-order valence-corrected chi connectivity index (χ4v) is 1.65. The van der Waals surface area contributed by atoms with Gasteiger partial charge >= 0.3 is 0 Å². The normalized spacial score (nSPS) is 10.6. The van der Waals surface area contributed by atoms with Gasteiger partial charge in [0.05, 0.1) is 19.2 Å². The Balaban J connectivity index is 2.63. The molecule has 0 bridgehead atoms. The minimum Gasteiger partial charge on any atom is -0.497 e. The van der Waals surface area contributed by atoms with Gasteiger partial charge in [-0.3, -0.25) is 9.20 Å². The van der Waals surface area contributed by atoms with Crippen molar-refractivity contribution in [2.45, 2.75) is 6.61 Å². The number of hydrogen-bond acceptors (Lipinski definition) is 3. The van der Waals surface area contributed by atoms with Crippen molar-refractivity contribution in [1.29, 1.82) is 0 Å². The first-order valence-corrected chi connectivity index (χ1v) is 4.93. The van der Waals surface area contributed by atoms with Crippen LogP contribution in [0, 0.1) is 0 Å². The van der Waals surface area contributed by atoms with Crippen LogP contribution >= 0.6 is 0 Å². The SMILES string of the molecule is COCc1cc(=O)n2ccc(OC)cc2c1. The topological polar surface area (TPSA) is 39.9 Å². The molecule has 16 heavy (non-hydrogen) atoms. The lowest BCUT2D eigenvalue weighted by atomic mass is 10.2. The lowest BCUT2D eigenvalue weighted by Crippen LogP contribution is -2.13. The summed E-state index contributed by atoms with van der Waals surface area (Å²) >= 11 is 0. The Bertz CT molecular complexity index is 560. The maximum absolute atomic E-state index is 11.7. The van der Waals surface area contributed by atoms with E-state index in [2.05, 4.69) is 0 Å². The zero-order valence-electron chi connectivity index (χ0n) is 9.27. The molecule has 4 nitrogen and oxygen atoms in total. The summed E-state index contributed by atoms with van der Waals surface area (Å²) in [4.78, 5) is 11.7. The van der Waals surface area contributed by atoms with E-state index in [1.807, 2.05) is 12.1 Å². The van der Waals surface area contributed by atoms with Gasteiger partial charge in [0, 0.05) is 25.4 Å². The van der Waals surface area contributed by atoms with E-state index in [-0.39, 0.29) is 5.56 Å². The molecule has 0 radical (unpaired) electrons. The van der Waals surface area contributed by atoms with Crippen LogP contribution in [-0.2, 0) is 11.3 Å². The number of aromatic nitrogens is 1. The van der Waals surface area contributed by atoms with Crippen molar-refractivity contribution in [2.75, 3.05) is 14.2 Å². The first-order chi connectivity index (χ1) is 7.74. The van der Waals surface area contributed by atoms with Gasteiger partial charge in [-0.15, -0.1) is 0 Å². The number of fused-ring (bicyclic) bond motifs is 1. The van der Waals surface area contributed by atoms with Gasteiger partial charge in [0.1, 0.15) is 5.75 Å². The van der Waals surface area contributed by atoms with Crippen LogP contribution in [0.5, 0.6) is 5.75 Å². The Morgan fingerprint density at radius 2 is 2.06 bits per heavy atom. The fraction of sp³-hybridized carbons (Fsp3) is 0.250. The Hall–Kier alpha value is -1.81. The van der Waals surface area contributed by atoms with Crippen molar-refractivity contribution in [3.8, 4) is 5.75 Å². The molecule has 0 saturated heterocycles. The monoisotopic (exact) mass is 219 g/mol. The minimum absolute atomic E-state index is 0.0628. The molecule has 0 amide bonds. The lowest BCUT2D eigenvalue weighted by molar-refractivity contribution is 0.185. The quantitative estimate of drug-likeness (QED) is 0.784. The van der Waals surface area contributed by atoms with Crippen molar-refractivity contribution in [3.63, 3.8) is 0 Å². The highest BCUT2D eigenvalue weighted by molar-refractivity contribution is 5.52. The summed E-state index contributed by atoms with van der Waals surface area (Å²) in [6, 6.07) is 7.06. The molecule has 0 aliphatic carbocycles. The molecule has 0 aliphatic heterocycles. The number of rotatable bonds is 3. The third kappa shape index (κ3) is 1.92. The molecule has 2 heterocycles. The second kappa shape index (κ2) is 4.37. The third-order valence-corrected chi connectivity index (χ3v) is 2.38. The van der Waals surface area contributed by atoms with E-state index < -0.39 is 0 Å². The van der Waals surface area contributed by atoms with Gasteiger partial charge in [0.15, 0.2) is 0 Å². The maximum atomic E-state index is 11.7. The number of hydrogen-bond donors (Lipinski definition) is 0. The number of methoxy groups -OCH3 is 2.